The summed E-state index contributed by atoms with van der Waals surface area (Å²) >= 11 is 0. The molecule has 0 radical (unpaired) electrons. The van der Waals surface area contributed by atoms with Crippen molar-refractivity contribution in [1.82, 2.24) is 0 Å². The Hall–Kier alpha value is -2.66. The van der Waals surface area contributed by atoms with Crippen LogP contribution in [0.4, 0.5) is 0 Å². The first kappa shape index (κ1) is 18.1. The molecular formula is C21H22O5. The first-order valence-corrected chi connectivity index (χ1v) is 8.76. The first-order valence-electron chi connectivity index (χ1n) is 8.76. The van der Waals surface area contributed by atoms with Crippen molar-refractivity contribution in [1.29, 1.82) is 0 Å². The number of hydrogen-bond acceptors (Lipinski definition) is 5. The number of esters is 2. The van der Waals surface area contributed by atoms with Gasteiger partial charge in [-0.3, -0.25) is 0 Å². The van der Waals surface area contributed by atoms with Crippen LogP contribution in [0.3, 0.4) is 0 Å². The van der Waals surface area contributed by atoms with Gasteiger partial charge in [0, 0.05) is 11.8 Å². The van der Waals surface area contributed by atoms with E-state index in [1.54, 1.807) is 48.5 Å². The topological polar surface area (TPSA) is 72.8 Å². The van der Waals surface area contributed by atoms with Crippen LogP contribution in [0, 0.1) is 11.8 Å². The van der Waals surface area contributed by atoms with Crippen molar-refractivity contribution < 1.29 is 24.2 Å². The van der Waals surface area contributed by atoms with Gasteiger partial charge in [-0.1, -0.05) is 36.4 Å². The van der Waals surface area contributed by atoms with Crippen molar-refractivity contribution in [3.63, 3.8) is 0 Å². The Balaban J connectivity index is 1.52. The van der Waals surface area contributed by atoms with Crippen LogP contribution in [0.15, 0.2) is 60.7 Å². The molecule has 0 heterocycles. The lowest BCUT2D eigenvalue weighted by Gasteiger charge is -2.19. The molecule has 1 fully saturated rings. The predicted molar refractivity (Wildman–Crippen MR) is 95.7 cm³/mol. The normalized spacial score (nSPS) is 22.0. The molecule has 2 aromatic carbocycles. The van der Waals surface area contributed by atoms with Crippen molar-refractivity contribution >= 4 is 11.9 Å². The number of aliphatic hydroxyl groups excluding tert-OH is 1. The van der Waals surface area contributed by atoms with Gasteiger partial charge in [-0.05, 0) is 37.1 Å². The van der Waals surface area contributed by atoms with E-state index >= 15 is 0 Å². The molecule has 1 aliphatic rings. The highest BCUT2D eigenvalue weighted by atomic mass is 16.5. The fraction of sp³-hybridized carbons (Fsp3) is 0.333. The van der Waals surface area contributed by atoms with Gasteiger partial charge in [0.05, 0.1) is 30.4 Å². The van der Waals surface area contributed by atoms with Gasteiger partial charge in [0.25, 0.3) is 0 Å². The van der Waals surface area contributed by atoms with E-state index < -0.39 is 6.10 Å². The Morgan fingerprint density at radius 1 is 0.769 bits per heavy atom. The lowest BCUT2D eigenvalue weighted by molar-refractivity contribution is 0.0268. The van der Waals surface area contributed by atoms with Crippen molar-refractivity contribution in [3.05, 3.63) is 71.8 Å². The van der Waals surface area contributed by atoms with Crippen LogP contribution in [0.5, 0.6) is 0 Å². The van der Waals surface area contributed by atoms with E-state index in [0.29, 0.717) is 24.0 Å². The molecule has 2 unspecified atom stereocenters. The molecule has 0 amide bonds. The molecule has 0 saturated heterocycles. The van der Waals surface area contributed by atoms with Gasteiger partial charge in [0.15, 0.2) is 0 Å². The zero-order valence-electron chi connectivity index (χ0n) is 14.4. The smallest absolute Gasteiger partial charge is 0.338 e. The average molecular weight is 354 g/mol. The maximum absolute atomic E-state index is 12.1. The summed E-state index contributed by atoms with van der Waals surface area (Å²) in [5.74, 6) is -0.818. The third-order valence-electron chi connectivity index (χ3n) is 4.69. The standard InChI is InChI=1S/C21H22O5/c22-19-11-17(13-25-20(23)15-7-3-1-4-8-15)18(12-19)14-26-21(24)16-9-5-2-6-10-16/h1-10,17-19,22H,11-14H2. The number of aliphatic hydroxyl groups is 1. The van der Waals surface area contributed by atoms with Crippen molar-refractivity contribution in [2.24, 2.45) is 11.8 Å². The first-order chi connectivity index (χ1) is 12.6. The van der Waals surface area contributed by atoms with Crippen LogP contribution in [0.2, 0.25) is 0 Å². The maximum atomic E-state index is 12.1. The molecule has 136 valence electrons. The van der Waals surface area contributed by atoms with Crippen molar-refractivity contribution in [2.45, 2.75) is 18.9 Å². The second-order valence-electron chi connectivity index (χ2n) is 6.57. The highest BCUT2D eigenvalue weighted by Crippen LogP contribution is 2.33. The Labute approximate surface area is 152 Å². The summed E-state index contributed by atoms with van der Waals surface area (Å²) < 4.78 is 10.8. The molecule has 1 N–H and O–H groups in total. The van der Waals surface area contributed by atoms with Crippen molar-refractivity contribution in [2.75, 3.05) is 13.2 Å². The number of carbonyl (C=O) groups is 2. The van der Waals surface area contributed by atoms with Gasteiger partial charge in [0.2, 0.25) is 0 Å². The van der Waals surface area contributed by atoms with Gasteiger partial charge in [-0.2, -0.15) is 0 Å². The van der Waals surface area contributed by atoms with Crippen LogP contribution in [0.1, 0.15) is 33.6 Å². The highest BCUT2D eigenvalue weighted by Gasteiger charge is 2.35. The second kappa shape index (κ2) is 8.63. The summed E-state index contributed by atoms with van der Waals surface area (Å²) in [5, 5.41) is 9.95. The number of benzene rings is 2. The van der Waals surface area contributed by atoms with Gasteiger partial charge >= 0.3 is 11.9 Å². The highest BCUT2D eigenvalue weighted by molar-refractivity contribution is 5.89. The minimum absolute atomic E-state index is 0.0266. The monoisotopic (exact) mass is 354 g/mol. The zero-order valence-corrected chi connectivity index (χ0v) is 14.4. The molecule has 1 aliphatic carbocycles. The van der Waals surface area contributed by atoms with E-state index in [0.717, 1.165) is 0 Å². The number of rotatable bonds is 6. The van der Waals surface area contributed by atoms with E-state index in [9.17, 15) is 14.7 Å². The number of carbonyl (C=O) groups excluding carboxylic acids is 2. The van der Waals surface area contributed by atoms with E-state index in [-0.39, 0.29) is 37.0 Å². The Bertz CT molecular complexity index is 665. The van der Waals surface area contributed by atoms with Gasteiger partial charge < -0.3 is 14.6 Å². The van der Waals surface area contributed by atoms with Gasteiger partial charge in [-0.15, -0.1) is 0 Å². The number of hydrogen-bond donors (Lipinski definition) is 1. The minimum Gasteiger partial charge on any atom is -0.462 e. The molecule has 0 spiro atoms. The quantitative estimate of drug-likeness (QED) is 0.807. The van der Waals surface area contributed by atoms with E-state index in [1.165, 1.54) is 0 Å². The lowest BCUT2D eigenvalue weighted by atomic mass is 9.98. The summed E-state index contributed by atoms with van der Waals surface area (Å²) in [6.45, 7) is 0.413. The zero-order chi connectivity index (χ0) is 18.4. The molecule has 1 saturated carbocycles. The summed E-state index contributed by atoms with van der Waals surface area (Å²) in [6, 6.07) is 17.6. The van der Waals surface area contributed by atoms with E-state index in [1.807, 2.05) is 12.1 Å². The second-order valence-corrected chi connectivity index (χ2v) is 6.57. The van der Waals surface area contributed by atoms with Crippen LogP contribution in [-0.4, -0.2) is 36.4 Å². The van der Waals surface area contributed by atoms with Crippen molar-refractivity contribution in [3.8, 4) is 0 Å². The van der Waals surface area contributed by atoms with Crippen LogP contribution in [-0.2, 0) is 9.47 Å². The Morgan fingerprint density at radius 2 is 1.15 bits per heavy atom. The molecule has 2 aromatic rings. The number of ether oxygens (including phenoxy) is 2. The summed E-state index contributed by atoms with van der Waals surface area (Å²) in [6.07, 6.45) is 0.612. The molecule has 26 heavy (non-hydrogen) atoms. The molecule has 2 atom stereocenters. The van der Waals surface area contributed by atoms with Gasteiger partial charge in [-0.25, -0.2) is 9.59 Å². The molecule has 5 heteroatoms. The largest absolute Gasteiger partial charge is 0.462 e. The molecular weight excluding hydrogens is 332 g/mol. The predicted octanol–water partition coefficient (Wildman–Crippen LogP) is 3.09. The molecule has 0 bridgehead atoms. The Morgan fingerprint density at radius 3 is 1.54 bits per heavy atom. The van der Waals surface area contributed by atoms with Crippen LogP contribution < -0.4 is 0 Å². The van der Waals surface area contributed by atoms with Gasteiger partial charge in [0.1, 0.15) is 0 Å². The average Bonchev–Trinajstić information content (AvgIpc) is 3.05. The third kappa shape index (κ3) is 4.70. The molecule has 5 nitrogen and oxygen atoms in total. The maximum Gasteiger partial charge on any atom is 0.338 e. The summed E-state index contributed by atoms with van der Waals surface area (Å²) in [7, 11) is 0. The molecule has 0 aromatic heterocycles. The molecule has 0 aliphatic heterocycles. The fourth-order valence-electron chi connectivity index (χ4n) is 3.27. The fourth-order valence-corrected chi connectivity index (χ4v) is 3.27. The van der Waals surface area contributed by atoms with E-state index in [2.05, 4.69) is 0 Å². The lowest BCUT2D eigenvalue weighted by Crippen LogP contribution is -2.22. The molecule has 3 rings (SSSR count). The summed E-state index contributed by atoms with van der Waals surface area (Å²) in [5.41, 5.74) is 0.996. The third-order valence-corrected chi connectivity index (χ3v) is 4.69. The van der Waals surface area contributed by atoms with Crippen LogP contribution in [0.25, 0.3) is 0 Å². The summed E-state index contributed by atoms with van der Waals surface area (Å²) in [4.78, 5) is 24.1. The Kier molecular flexibility index (Phi) is 6.02. The minimum atomic E-state index is -0.462. The van der Waals surface area contributed by atoms with Crippen LogP contribution >= 0.6 is 0 Å². The SMILES string of the molecule is O=C(OCC1CC(O)CC1COC(=O)c1ccccc1)c1ccccc1. The van der Waals surface area contributed by atoms with E-state index in [4.69, 9.17) is 9.47 Å².